The SMILES string of the molecule is COP(=O)(O)OC[n+]1cccc(-c2cc(Cc3cnc(Oc4cc(F)cc(F)c4)nc3)no2)c1N. The highest BCUT2D eigenvalue weighted by atomic mass is 31.2. The maximum Gasteiger partial charge on any atom is 0.475 e. The maximum atomic E-state index is 13.3. The van der Waals surface area contributed by atoms with Crippen molar-refractivity contribution in [2.75, 3.05) is 12.8 Å². The Morgan fingerprint density at radius 2 is 1.89 bits per heavy atom. The predicted molar refractivity (Wildman–Crippen MR) is 116 cm³/mol. The Bertz CT molecular complexity index is 1360. The van der Waals surface area contributed by atoms with Crippen molar-refractivity contribution >= 4 is 13.6 Å². The summed E-state index contributed by atoms with van der Waals surface area (Å²) < 4.78 is 59.4. The fourth-order valence-electron chi connectivity index (χ4n) is 2.98. The van der Waals surface area contributed by atoms with Crippen molar-refractivity contribution in [3.8, 4) is 23.1 Å². The molecule has 4 aromatic rings. The molecule has 0 saturated carbocycles. The first-order chi connectivity index (χ1) is 16.7. The standard InChI is InChI=1S/C21H18F2N5O6P/c1-31-35(29,30)32-12-28-4-2-3-18(20(28)24)19-9-16(27-34-19)5-13-10-25-21(26-11-13)33-17-7-14(22)6-15(23)8-17/h2-4,6-11,24H,5,12H2,1H3,(H,29,30)/p+1. The van der Waals surface area contributed by atoms with Gasteiger partial charge in [-0.25, -0.2) is 32.4 Å². The molecule has 3 aromatic heterocycles. The lowest BCUT2D eigenvalue weighted by Crippen LogP contribution is -2.38. The van der Waals surface area contributed by atoms with Crippen molar-refractivity contribution in [2.45, 2.75) is 13.2 Å². The van der Waals surface area contributed by atoms with Gasteiger partial charge in [0.15, 0.2) is 5.76 Å². The van der Waals surface area contributed by atoms with Crippen molar-refractivity contribution in [1.82, 2.24) is 15.1 Å². The molecule has 11 nitrogen and oxygen atoms in total. The lowest BCUT2D eigenvalue weighted by Gasteiger charge is -2.09. The molecule has 0 spiro atoms. The van der Waals surface area contributed by atoms with Gasteiger partial charge in [0.1, 0.15) is 22.9 Å². The molecule has 0 amide bonds. The van der Waals surface area contributed by atoms with Gasteiger partial charge in [-0.2, -0.15) is 0 Å². The Labute approximate surface area is 197 Å². The van der Waals surface area contributed by atoms with Gasteiger partial charge in [-0.3, -0.25) is 10.3 Å². The zero-order chi connectivity index (χ0) is 25.0. The number of halogens is 2. The molecule has 4 rings (SSSR count). The lowest BCUT2D eigenvalue weighted by atomic mass is 10.1. The number of phosphoric acid groups is 1. The van der Waals surface area contributed by atoms with Gasteiger partial charge in [0.2, 0.25) is 6.73 Å². The van der Waals surface area contributed by atoms with Crippen LogP contribution >= 0.6 is 7.82 Å². The summed E-state index contributed by atoms with van der Waals surface area (Å²) in [7, 11) is -3.12. The summed E-state index contributed by atoms with van der Waals surface area (Å²) in [6.07, 6.45) is 4.84. The molecule has 1 atom stereocenters. The van der Waals surface area contributed by atoms with Crippen LogP contribution in [0.2, 0.25) is 0 Å². The van der Waals surface area contributed by atoms with Crippen LogP contribution in [-0.4, -0.2) is 27.1 Å². The van der Waals surface area contributed by atoms with Crippen LogP contribution in [0, 0.1) is 11.6 Å². The van der Waals surface area contributed by atoms with E-state index < -0.39 is 19.5 Å². The Hall–Kier alpha value is -3.77. The van der Waals surface area contributed by atoms with E-state index in [1.807, 2.05) is 0 Å². The molecule has 0 fully saturated rings. The van der Waals surface area contributed by atoms with Gasteiger partial charge in [-0.05, 0) is 17.7 Å². The first-order valence-corrected chi connectivity index (χ1v) is 11.4. The molecule has 1 unspecified atom stereocenters. The zero-order valence-electron chi connectivity index (χ0n) is 18.2. The first kappa shape index (κ1) is 24.4. The molecule has 0 aliphatic carbocycles. The van der Waals surface area contributed by atoms with Gasteiger partial charge in [0, 0.05) is 50.2 Å². The maximum absolute atomic E-state index is 13.3. The van der Waals surface area contributed by atoms with E-state index in [-0.39, 0.29) is 24.3 Å². The highest BCUT2D eigenvalue weighted by Crippen LogP contribution is 2.41. The van der Waals surface area contributed by atoms with Gasteiger partial charge < -0.3 is 14.2 Å². The number of benzene rings is 1. The molecule has 3 N–H and O–H groups in total. The average molecular weight is 506 g/mol. The second-order valence-corrected chi connectivity index (χ2v) is 8.69. The van der Waals surface area contributed by atoms with Crippen molar-refractivity contribution in [3.05, 3.63) is 77.9 Å². The number of pyridine rings is 1. The molecule has 35 heavy (non-hydrogen) atoms. The van der Waals surface area contributed by atoms with E-state index in [2.05, 4.69) is 19.6 Å². The van der Waals surface area contributed by atoms with E-state index in [0.29, 0.717) is 29.0 Å². The minimum Gasteiger partial charge on any atom is -0.424 e. The minimum absolute atomic E-state index is 0.0662. The molecule has 0 radical (unpaired) electrons. The summed E-state index contributed by atoms with van der Waals surface area (Å²) in [4.78, 5) is 17.5. The number of rotatable bonds is 9. The van der Waals surface area contributed by atoms with Crippen molar-refractivity contribution in [1.29, 1.82) is 0 Å². The van der Waals surface area contributed by atoms with Crippen molar-refractivity contribution < 1.29 is 41.1 Å². The Morgan fingerprint density at radius 3 is 2.57 bits per heavy atom. The fraction of sp³-hybridized carbons (Fsp3) is 0.143. The number of nitrogens with zero attached hydrogens (tertiary/aromatic N) is 4. The molecule has 0 bridgehead atoms. The van der Waals surface area contributed by atoms with E-state index in [4.69, 9.17) is 19.5 Å². The quantitative estimate of drug-likeness (QED) is 0.256. The normalized spacial score (nSPS) is 12.9. The van der Waals surface area contributed by atoms with Gasteiger partial charge in [-0.1, -0.05) is 5.16 Å². The Kier molecular flexibility index (Phi) is 7.12. The molecule has 1 aromatic carbocycles. The number of hydrogen-bond donors (Lipinski definition) is 2. The van der Waals surface area contributed by atoms with Crippen LogP contribution in [0.25, 0.3) is 11.3 Å². The van der Waals surface area contributed by atoms with E-state index in [9.17, 15) is 18.2 Å². The van der Waals surface area contributed by atoms with Crippen LogP contribution < -0.4 is 15.0 Å². The Balaban J connectivity index is 1.44. The van der Waals surface area contributed by atoms with Crippen LogP contribution in [0.3, 0.4) is 0 Å². The number of anilines is 1. The summed E-state index contributed by atoms with van der Waals surface area (Å²) in [6.45, 7) is -0.323. The van der Waals surface area contributed by atoms with E-state index in [1.165, 1.54) is 17.0 Å². The Morgan fingerprint density at radius 1 is 1.17 bits per heavy atom. The van der Waals surface area contributed by atoms with Gasteiger partial charge in [0.25, 0.3) is 5.82 Å². The van der Waals surface area contributed by atoms with Crippen LogP contribution in [-0.2, 0) is 26.8 Å². The lowest BCUT2D eigenvalue weighted by molar-refractivity contribution is -0.711. The van der Waals surface area contributed by atoms with Crippen LogP contribution in [0.4, 0.5) is 14.6 Å². The largest absolute Gasteiger partial charge is 0.475 e. The number of nitrogens with two attached hydrogens (primary N) is 1. The molecule has 182 valence electrons. The van der Waals surface area contributed by atoms with Crippen LogP contribution in [0.1, 0.15) is 11.3 Å². The number of nitrogen functional groups attached to an aromatic ring is 1. The highest BCUT2D eigenvalue weighted by molar-refractivity contribution is 7.47. The zero-order valence-corrected chi connectivity index (χ0v) is 19.1. The van der Waals surface area contributed by atoms with Gasteiger partial charge in [0.05, 0.1) is 11.9 Å². The fourth-order valence-corrected chi connectivity index (χ4v) is 3.36. The van der Waals surface area contributed by atoms with Gasteiger partial charge in [-0.15, -0.1) is 0 Å². The minimum atomic E-state index is -4.18. The molecular formula is C21H19F2N5O6P+. The molecule has 3 heterocycles. The number of hydrogen-bond acceptors (Lipinski definition) is 9. The van der Waals surface area contributed by atoms with E-state index in [1.54, 1.807) is 24.4 Å². The molecule has 0 aliphatic heterocycles. The molecule has 14 heteroatoms. The smallest absolute Gasteiger partial charge is 0.424 e. The first-order valence-electron chi connectivity index (χ1n) is 9.94. The third kappa shape index (κ3) is 6.22. The van der Waals surface area contributed by atoms with Crippen LogP contribution in [0.5, 0.6) is 11.8 Å². The number of phosphoric ester groups is 1. The van der Waals surface area contributed by atoms with E-state index in [0.717, 1.165) is 25.3 Å². The van der Waals surface area contributed by atoms with Crippen molar-refractivity contribution in [3.63, 3.8) is 0 Å². The average Bonchev–Trinajstić information content (AvgIpc) is 3.27. The second kappa shape index (κ2) is 10.2. The monoisotopic (exact) mass is 506 g/mol. The van der Waals surface area contributed by atoms with Crippen LogP contribution in [0.15, 0.2) is 59.5 Å². The van der Waals surface area contributed by atoms with E-state index >= 15 is 0 Å². The second-order valence-electron chi connectivity index (χ2n) is 7.13. The molecular weight excluding hydrogens is 487 g/mol. The molecule has 0 aliphatic rings. The topological polar surface area (TPSA) is 147 Å². The number of ether oxygens (including phenoxy) is 1. The summed E-state index contributed by atoms with van der Waals surface area (Å²) in [5.41, 5.74) is 7.86. The van der Waals surface area contributed by atoms with Gasteiger partial charge >= 0.3 is 13.8 Å². The van der Waals surface area contributed by atoms with Crippen molar-refractivity contribution in [2.24, 2.45) is 0 Å². The summed E-state index contributed by atoms with van der Waals surface area (Å²) >= 11 is 0. The summed E-state index contributed by atoms with van der Waals surface area (Å²) in [6, 6.07) is 7.70. The number of aromatic nitrogens is 4. The highest BCUT2D eigenvalue weighted by Gasteiger charge is 2.22. The third-order valence-corrected chi connectivity index (χ3v) is 5.54. The molecule has 0 saturated heterocycles. The summed E-state index contributed by atoms with van der Waals surface area (Å²) in [5, 5.41) is 4.02. The third-order valence-electron chi connectivity index (χ3n) is 4.64. The summed E-state index contributed by atoms with van der Waals surface area (Å²) in [5.74, 6) is -1.05. The predicted octanol–water partition coefficient (Wildman–Crippen LogP) is 3.38.